The second-order valence-corrected chi connectivity index (χ2v) is 8.02. The molecule has 2 aromatic rings. The molecule has 3 rings (SSSR count). The van der Waals surface area contributed by atoms with Gasteiger partial charge in [-0.15, -0.1) is 11.8 Å². The summed E-state index contributed by atoms with van der Waals surface area (Å²) in [5.74, 6) is 0.665. The average Bonchev–Trinajstić information content (AvgIpc) is 2.92. The molecule has 1 heterocycles. The first-order chi connectivity index (χ1) is 11.9. The Morgan fingerprint density at radius 2 is 1.84 bits per heavy atom. The molecule has 0 radical (unpaired) electrons. The molecule has 0 fully saturated rings. The van der Waals surface area contributed by atoms with E-state index in [-0.39, 0.29) is 11.9 Å². The van der Waals surface area contributed by atoms with E-state index >= 15 is 0 Å². The van der Waals surface area contributed by atoms with E-state index in [1.54, 1.807) is 6.07 Å². The third-order valence-corrected chi connectivity index (χ3v) is 6.19. The molecule has 25 heavy (non-hydrogen) atoms. The number of aryl methyl sites for hydroxylation is 1. The van der Waals surface area contributed by atoms with Gasteiger partial charge in [0.05, 0.1) is 10.6 Å². The first-order valence-corrected chi connectivity index (χ1v) is 9.55. The van der Waals surface area contributed by atoms with E-state index in [0.29, 0.717) is 22.2 Å². The lowest BCUT2D eigenvalue weighted by Gasteiger charge is -2.25. The highest BCUT2D eigenvalue weighted by Crippen LogP contribution is 2.42. The lowest BCUT2D eigenvalue weighted by Crippen LogP contribution is -2.36. The first-order valence-electron chi connectivity index (χ1n) is 8.19. The van der Waals surface area contributed by atoms with Crippen LogP contribution in [0.25, 0.3) is 0 Å². The lowest BCUT2D eigenvalue weighted by atomic mass is 10.1. The van der Waals surface area contributed by atoms with Gasteiger partial charge in [-0.25, -0.2) is 9.79 Å². The Hall–Kier alpha value is -1.78. The molecule has 1 aliphatic rings. The summed E-state index contributed by atoms with van der Waals surface area (Å²) in [5.41, 5.74) is 3.02. The number of aliphatic imine (C=N–C) groups is 1. The van der Waals surface area contributed by atoms with Gasteiger partial charge in [-0.1, -0.05) is 67.4 Å². The van der Waals surface area contributed by atoms with Gasteiger partial charge in [-0.2, -0.15) is 0 Å². The SMILES string of the molecule is Cc1ccc(CS[C@@]2(C(C)C)N=C(c3ccccc3Cl)OC2=O)cc1. The highest BCUT2D eigenvalue weighted by molar-refractivity contribution is 8.00. The maximum absolute atomic E-state index is 12.7. The molecule has 130 valence electrons. The van der Waals surface area contributed by atoms with Gasteiger partial charge in [0.15, 0.2) is 0 Å². The van der Waals surface area contributed by atoms with Gasteiger partial charge >= 0.3 is 5.97 Å². The topological polar surface area (TPSA) is 38.7 Å². The third-order valence-electron chi connectivity index (χ3n) is 4.22. The van der Waals surface area contributed by atoms with E-state index in [4.69, 9.17) is 16.3 Å². The number of benzene rings is 2. The number of thioether (sulfide) groups is 1. The Bertz CT molecular complexity index is 817. The van der Waals surface area contributed by atoms with Crippen LogP contribution in [0.15, 0.2) is 53.5 Å². The minimum Gasteiger partial charge on any atom is -0.405 e. The highest BCUT2D eigenvalue weighted by atomic mass is 35.5. The zero-order valence-electron chi connectivity index (χ0n) is 14.5. The Labute approximate surface area is 157 Å². The molecule has 2 aromatic carbocycles. The van der Waals surface area contributed by atoms with Crippen molar-refractivity contribution in [1.29, 1.82) is 0 Å². The molecule has 0 bridgehead atoms. The highest BCUT2D eigenvalue weighted by Gasteiger charge is 2.49. The number of carbonyl (C=O) groups is 1. The van der Waals surface area contributed by atoms with Gasteiger partial charge in [0.25, 0.3) is 0 Å². The fourth-order valence-corrected chi connectivity index (χ4v) is 4.07. The first kappa shape index (κ1) is 18.0. The molecule has 0 saturated carbocycles. The van der Waals surface area contributed by atoms with Crippen molar-refractivity contribution in [1.82, 2.24) is 0 Å². The fraction of sp³-hybridized carbons (Fsp3) is 0.300. The second-order valence-electron chi connectivity index (χ2n) is 6.41. The van der Waals surface area contributed by atoms with Crippen LogP contribution in [-0.4, -0.2) is 16.7 Å². The molecule has 0 saturated heterocycles. The van der Waals surface area contributed by atoms with E-state index in [2.05, 4.69) is 36.2 Å². The number of rotatable bonds is 5. The maximum Gasteiger partial charge on any atom is 0.351 e. The van der Waals surface area contributed by atoms with Gasteiger partial charge in [-0.05, 0) is 30.5 Å². The minimum atomic E-state index is -0.945. The van der Waals surface area contributed by atoms with Gasteiger partial charge in [0.1, 0.15) is 0 Å². The Morgan fingerprint density at radius 1 is 1.16 bits per heavy atom. The monoisotopic (exact) mass is 373 g/mol. The van der Waals surface area contributed by atoms with E-state index in [1.165, 1.54) is 17.3 Å². The molecule has 1 aliphatic heterocycles. The summed E-state index contributed by atoms with van der Waals surface area (Å²) in [6.07, 6.45) is 0. The molecule has 0 spiro atoms. The molecule has 0 amide bonds. The predicted molar refractivity (Wildman–Crippen MR) is 104 cm³/mol. The smallest absolute Gasteiger partial charge is 0.351 e. The van der Waals surface area contributed by atoms with E-state index in [0.717, 1.165) is 5.56 Å². The summed E-state index contributed by atoms with van der Waals surface area (Å²) in [5, 5.41) is 0.525. The largest absolute Gasteiger partial charge is 0.405 e. The molecule has 5 heteroatoms. The number of ether oxygens (including phenoxy) is 1. The van der Waals surface area contributed by atoms with Crippen molar-refractivity contribution in [3.63, 3.8) is 0 Å². The number of hydrogen-bond acceptors (Lipinski definition) is 4. The van der Waals surface area contributed by atoms with Gasteiger partial charge in [0, 0.05) is 5.75 Å². The van der Waals surface area contributed by atoms with Crippen molar-refractivity contribution in [2.45, 2.75) is 31.4 Å². The molecule has 0 unspecified atom stereocenters. The van der Waals surface area contributed by atoms with Crippen LogP contribution in [0.2, 0.25) is 5.02 Å². The molecular formula is C20H20ClNO2S. The van der Waals surface area contributed by atoms with Crippen LogP contribution in [0.5, 0.6) is 0 Å². The quantitative estimate of drug-likeness (QED) is 0.673. The number of carbonyl (C=O) groups excluding carboxylic acids is 1. The van der Waals surface area contributed by atoms with Crippen LogP contribution in [0, 0.1) is 12.8 Å². The van der Waals surface area contributed by atoms with E-state index in [1.807, 2.05) is 32.0 Å². The number of halogens is 1. The minimum absolute atomic E-state index is 0.00423. The molecule has 1 atom stereocenters. The fourth-order valence-electron chi connectivity index (χ4n) is 2.63. The van der Waals surface area contributed by atoms with Crippen LogP contribution in [-0.2, 0) is 15.3 Å². The summed E-state index contributed by atoms with van der Waals surface area (Å²) in [6, 6.07) is 15.6. The van der Waals surface area contributed by atoms with Crippen LogP contribution in [0.3, 0.4) is 0 Å². The van der Waals surface area contributed by atoms with Crippen molar-refractivity contribution < 1.29 is 9.53 Å². The Morgan fingerprint density at radius 3 is 2.48 bits per heavy atom. The lowest BCUT2D eigenvalue weighted by molar-refractivity contribution is -0.137. The Kier molecular flexibility index (Phi) is 5.21. The number of hydrogen-bond donors (Lipinski definition) is 0. The van der Waals surface area contributed by atoms with Gasteiger partial charge in [0.2, 0.25) is 10.8 Å². The normalized spacial score (nSPS) is 19.9. The summed E-state index contributed by atoms with van der Waals surface area (Å²) in [7, 11) is 0. The van der Waals surface area contributed by atoms with Gasteiger partial charge < -0.3 is 4.74 Å². The summed E-state index contributed by atoms with van der Waals surface area (Å²) >= 11 is 7.74. The van der Waals surface area contributed by atoms with Crippen LogP contribution < -0.4 is 0 Å². The molecule has 0 aromatic heterocycles. The summed E-state index contributed by atoms with van der Waals surface area (Å²) in [6.45, 7) is 6.03. The Balaban J connectivity index is 1.89. The number of cyclic esters (lactones) is 1. The summed E-state index contributed by atoms with van der Waals surface area (Å²) in [4.78, 5) is 16.4. The van der Waals surface area contributed by atoms with Crippen LogP contribution >= 0.6 is 23.4 Å². The molecule has 3 nitrogen and oxygen atoms in total. The zero-order chi connectivity index (χ0) is 18.0. The van der Waals surface area contributed by atoms with E-state index in [9.17, 15) is 4.79 Å². The van der Waals surface area contributed by atoms with Crippen molar-refractivity contribution in [3.05, 3.63) is 70.2 Å². The van der Waals surface area contributed by atoms with Crippen LogP contribution in [0.4, 0.5) is 0 Å². The molecule has 0 aliphatic carbocycles. The van der Waals surface area contributed by atoms with Crippen molar-refractivity contribution in [2.75, 3.05) is 0 Å². The second kappa shape index (κ2) is 7.22. The molecule has 0 N–H and O–H groups in total. The predicted octanol–water partition coefficient (Wildman–Crippen LogP) is 5.24. The third kappa shape index (κ3) is 3.60. The maximum atomic E-state index is 12.7. The average molecular weight is 374 g/mol. The van der Waals surface area contributed by atoms with Crippen molar-refractivity contribution in [3.8, 4) is 0 Å². The van der Waals surface area contributed by atoms with Crippen molar-refractivity contribution in [2.24, 2.45) is 10.9 Å². The van der Waals surface area contributed by atoms with Crippen LogP contribution in [0.1, 0.15) is 30.5 Å². The number of nitrogens with zero attached hydrogens (tertiary/aromatic N) is 1. The standard InChI is InChI=1S/C20H20ClNO2S/c1-13(2)20(25-12-15-10-8-14(3)9-11-15)19(23)24-18(22-20)16-6-4-5-7-17(16)21/h4-11,13H,12H2,1-3H3/t20-/m1/s1. The van der Waals surface area contributed by atoms with Gasteiger partial charge in [-0.3, -0.25) is 0 Å². The number of esters is 1. The van der Waals surface area contributed by atoms with E-state index < -0.39 is 4.87 Å². The van der Waals surface area contributed by atoms with Crippen molar-refractivity contribution >= 4 is 35.2 Å². The summed E-state index contributed by atoms with van der Waals surface area (Å²) < 4.78 is 5.52. The zero-order valence-corrected chi connectivity index (χ0v) is 16.0. The molecular weight excluding hydrogens is 354 g/mol.